The first-order valence-corrected chi connectivity index (χ1v) is 8.20. The molecule has 0 aliphatic heterocycles. The van der Waals surface area contributed by atoms with Crippen LogP contribution >= 0.6 is 11.6 Å². The number of hydrogen-bond donors (Lipinski definition) is 2. The average molecular weight is 312 g/mol. The fraction of sp³-hybridized carbons (Fsp3) is 0.733. The number of aromatic nitrogens is 2. The van der Waals surface area contributed by atoms with Crippen molar-refractivity contribution < 1.29 is 5.11 Å². The molecule has 2 aliphatic rings. The van der Waals surface area contributed by atoms with Crippen LogP contribution < -0.4 is 10.9 Å². The van der Waals surface area contributed by atoms with Gasteiger partial charge in [-0.3, -0.25) is 4.79 Å². The lowest BCUT2D eigenvalue weighted by Gasteiger charge is -2.25. The Labute approximate surface area is 129 Å². The normalized spacial score (nSPS) is 25.8. The Morgan fingerprint density at radius 3 is 2.71 bits per heavy atom. The largest absolute Gasteiger partial charge is 0.393 e. The molecular weight excluding hydrogens is 290 g/mol. The van der Waals surface area contributed by atoms with E-state index in [-0.39, 0.29) is 17.6 Å². The summed E-state index contributed by atoms with van der Waals surface area (Å²) in [4.78, 5) is 12.4. The number of nitrogens with one attached hydrogen (secondary N) is 1. The standard InChI is InChI=1S/C15H22ClN3O2/c16-12-8-18-19(9-10-3-1-4-10)15(21)14(12)17-7-11-5-2-6-13(11)20/h8,10-11,13,17,20H,1-7,9H2. The molecule has 21 heavy (non-hydrogen) atoms. The van der Waals surface area contributed by atoms with Crippen LogP contribution in [0.15, 0.2) is 11.0 Å². The van der Waals surface area contributed by atoms with E-state index < -0.39 is 0 Å². The van der Waals surface area contributed by atoms with E-state index in [1.54, 1.807) is 0 Å². The van der Waals surface area contributed by atoms with Gasteiger partial charge in [0.1, 0.15) is 5.69 Å². The number of nitrogens with zero attached hydrogens (tertiary/aromatic N) is 2. The molecule has 0 bridgehead atoms. The van der Waals surface area contributed by atoms with Crippen molar-refractivity contribution in [2.24, 2.45) is 11.8 Å². The topological polar surface area (TPSA) is 67.2 Å². The van der Waals surface area contributed by atoms with Crippen LogP contribution in [0.3, 0.4) is 0 Å². The van der Waals surface area contributed by atoms with Gasteiger partial charge < -0.3 is 10.4 Å². The van der Waals surface area contributed by atoms with Crippen molar-refractivity contribution >= 4 is 17.3 Å². The van der Waals surface area contributed by atoms with Crippen LogP contribution in [0.25, 0.3) is 0 Å². The number of halogens is 1. The van der Waals surface area contributed by atoms with Gasteiger partial charge in [-0.2, -0.15) is 5.10 Å². The first-order valence-electron chi connectivity index (χ1n) is 7.82. The quantitative estimate of drug-likeness (QED) is 0.875. The number of aliphatic hydroxyl groups excluding tert-OH is 1. The van der Waals surface area contributed by atoms with Crippen molar-refractivity contribution in [2.75, 3.05) is 11.9 Å². The summed E-state index contributed by atoms with van der Waals surface area (Å²) in [6.07, 6.45) is 7.75. The molecule has 5 nitrogen and oxygen atoms in total. The number of aliphatic hydroxyl groups is 1. The second-order valence-corrected chi connectivity index (χ2v) is 6.70. The number of rotatable bonds is 5. The molecule has 2 fully saturated rings. The summed E-state index contributed by atoms with van der Waals surface area (Å²) in [6, 6.07) is 0. The number of anilines is 1. The van der Waals surface area contributed by atoms with Gasteiger partial charge in [-0.25, -0.2) is 4.68 Å². The minimum absolute atomic E-state index is 0.151. The highest BCUT2D eigenvalue weighted by molar-refractivity contribution is 6.32. The van der Waals surface area contributed by atoms with E-state index in [0.29, 0.717) is 29.7 Å². The molecule has 3 rings (SSSR count). The lowest BCUT2D eigenvalue weighted by Crippen LogP contribution is -2.32. The smallest absolute Gasteiger partial charge is 0.291 e. The summed E-state index contributed by atoms with van der Waals surface area (Å²) in [7, 11) is 0. The molecule has 2 saturated carbocycles. The van der Waals surface area contributed by atoms with E-state index in [1.165, 1.54) is 30.1 Å². The van der Waals surface area contributed by atoms with Gasteiger partial charge in [0.2, 0.25) is 0 Å². The van der Waals surface area contributed by atoms with E-state index in [4.69, 9.17) is 11.6 Å². The molecular formula is C15H22ClN3O2. The third-order valence-corrected chi connectivity index (χ3v) is 5.10. The maximum absolute atomic E-state index is 12.4. The van der Waals surface area contributed by atoms with Crippen LogP contribution in [0.5, 0.6) is 0 Å². The molecule has 1 aromatic heterocycles. The van der Waals surface area contributed by atoms with Gasteiger partial charge >= 0.3 is 0 Å². The maximum Gasteiger partial charge on any atom is 0.291 e. The van der Waals surface area contributed by atoms with E-state index in [0.717, 1.165) is 19.3 Å². The van der Waals surface area contributed by atoms with Gasteiger partial charge in [0, 0.05) is 19.0 Å². The Balaban J connectivity index is 1.70. The molecule has 1 heterocycles. The van der Waals surface area contributed by atoms with Gasteiger partial charge in [-0.1, -0.05) is 24.4 Å². The maximum atomic E-state index is 12.4. The fourth-order valence-corrected chi connectivity index (χ4v) is 3.36. The van der Waals surface area contributed by atoms with Crippen LogP contribution in [0.1, 0.15) is 38.5 Å². The average Bonchev–Trinajstić information content (AvgIpc) is 2.81. The van der Waals surface area contributed by atoms with E-state index in [1.807, 2.05) is 0 Å². The second kappa shape index (κ2) is 6.36. The van der Waals surface area contributed by atoms with Crippen molar-refractivity contribution in [3.8, 4) is 0 Å². The number of hydrogen-bond acceptors (Lipinski definition) is 4. The summed E-state index contributed by atoms with van der Waals surface area (Å²) < 4.78 is 1.52. The van der Waals surface area contributed by atoms with Crippen LogP contribution in [-0.4, -0.2) is 27.5 Å². The Kier molecular flexibility index (Phi) is 4.50. The molecule has 0 saturated heterocycles. The molecule has 2 atom stereocenters. The highest BCUT2D eigenvalue weighted by atomic mass is 35.5. The predicted molar refractivity (Wildman–Crippen MR) is 82.7 cm³/mol. The summed E-state index contributed by atoms with van der Waals surface area (Å²) >= 11 is 6.11. The third-order valence-electron chi connectivity index (χ3n) is 4.81. The Morgan fingerprint density at radius 1 is 1.33 bits per heavy atom. The summed E-state index contributed by atoms with van der Waals surface area (Å²) in [5.74, 6) is 0.773. The van der Waals surface area contributed by atoms with Gasteiger partial charge in [-0.05, 0) is 31.6 Å². The Morgan fingerprint density at radius 2 is 2.10 bits per heavy atom. The molecule has 6 heteroatoms. The van der Waals surface area contributed by atoms with Crippen LogP contribution in [-0.2, 0) is 6.54 Å². The minimum Gasteiger partial charge on any atom is -0.393 e. The van der Waals surface area contributed by atoms with Gasteiger partial charge in [0.05, 0.1) is 17.3 Å². The molecule has 116 valence electrons. The molecule has 2 aliphatic carbocycles. The summed E-state index contributed by atoms with van der Waals surface area (Å²) in [5, 5.41) is 17.5. The zero-order chi connectivity index (χ0) is 14.8. The van der Waals surface area contributed by atoms with E-state index >= 15 is 0 Å². The van der Waals surface area contributed by atoms with Gasteiger partial charge in [-0.15, -0.1) is 0 Å². The zero-order valence-corrected chi connectivity index (χ0v) is 12.9. The first-order chi connectivity index (χ1) is 10.1. The molecule has 0 spiro atoms. The van der Waals surface area contributed by atoms with E-state index in [9.17, 15) is 9.90 Å². The molecule has 2 N–H and O–H groups in total. The third kappa shape index (κ3) is 3.24. The lowest BCUT2D eigenvalue weighted by molar-refractivity contribution is 0.138. The predicted octanol–water partition coefficient (Wildman–Crippen LogP) is 2.27. The van der Waals surface area contributed by atoms with Crippen molar-refractivity contribution in [1.82, 2.24) is 9.78 Å². The highest BCUT2D eigenvalue weighted by Gasteiger charge is 2.26. The fourth-order valence-electron chi connectivity index (χ4n) is 3.17. The van der Waals surface area contributed by atoms with Gasteiger partial charge in [0.25, 0.3) is 5.56 Å². The molecule has 0 aromatic carbocycles. The van der Waals surface area contributed by atoms with Crippen molar-refractivity contribution in [1.29, 1.82) is 0 Å². The Bertz CT molecular complexity index is 556. The molecule has 2 unspecified atom stereocenters. The van der Waals surface area contributed by atoms with Crippen LogP contribution in [0.4, 0.5) is 5.69 Å². The second-order valence-electron chi connectivity index (χ2n) is 6.29. The Hall–Kier alpha value is -1.07. The van der Waals surface area contributed by atoms with Crippen LogP contribution in [0, 0.1) is 11.8 Å². The molecule has 0 amide bonds. The van der Waals surface area contributed by atoms with Crippen LogP contribution in [0.2, 0.25) is 5.02 Å². The van der Waals surface area contributed by atoms with Crippen molar-refractivity contribution in [2.45, 2.75) is 51.2 Å². The highest BCUT2D eigenvalue weighted by Crippen LogP contribution is 2.28. The summed E-state index contributed by atoms with van der Waals surface area (Å²) in [5.41, 5.74) is 0.270. The van der Waals surface area contributed by atoms with E-state index in [2.05, 4.69) is 10.4 Å². The van der Waals surface area contributed by atoms with Gasteiger partial charge in [0.15, 0.2) is 0 Å². The first kappa shape index (κ1) is 14.9. The van der Waals surface area contributed by atoms with Crippen molar-refractivity contribution in [3.05, 3.63) is 21.6 Å². The van der Waals surface area contributed by atoms with Crippen molar-refractivity contribution in [3.63, 3.8) is 0 Å². The monoisotopic (exact) mass is 311 g/mol. The molecule has 0 radical (unpaired) electrons. The summed E-state index contributed by atoms with van der Waals surface area (Å²) in [6.45, 7) is 1.26. The zero-order valence-electron chi connectivity index (χ0n) is 12.1. The molecule has 1 aromatic rings. The minimum atomic E-state index is -0.268. The lowest BCUT2D eigenvalue weighted by atomic mass is 9.85. The SMILES string of the molecule is O=c1c(NCC2CCCC2O)c(Cl)cnn1CC1CCC1.